The monoisotopic (exact) mass is 314 g/mol. The quantitative estimate of drug-likeness (QED) is 0.847. The summed E-state index contributed by atoms with van der Waals surface area (Å²) in [5.74, 6) is -0.513. The van der Waals surface area contributed by atoms with E-state index in [0.29, 0.717) is 5.56 Å². The lowest BCUT2D eigenvalue weighted by Gasteiger charge is -2.29. The largest absolute Gasteiger partial charge is 0.494 e. The van der Waals surface area contributed by atoms with Crippen molar-refractivity contribution in [3.8, 4) is 5.75 Å². The second-order valence-electron chi connectivity index (χ2n) is 5.72. The molecule has 0 N–H and O–H groups in total. The van der Waals surface area contributed by atoms with E-state index >= 15 is 0 Å². The molecule has 0 spiro atoms. The SMILES string of the molecule is COc1cc(C(=O)N(C2CC2)C(C)c2ccccn2)ccc1F. The first-order valence-electron chi connectivity index (χ1n) is 7.69. The molecule has 1 atom stereocenters. The molecule has 1 heterocycles. The number of hydrogen-bond acceptors (Lipinski definition) is 3. The van der Waals surface area contributed by atoms with Crippen LogP contribution in [-0.2, 0) is 0 Å². The van der Waals surface area contributed by atoms with Crippen LogP contribution in [0.2, 0.25) is 0 Å². The Bertz CT molecular complexity index is 701. The summed E-state index contributed by atoms with van der Waals surface area (Å²) >= 11 is 0. The van der Waals surface area contributed by atoms with Gasteiger partial charge in [-0.2, -0.15) is 0 Å². The van der Waals surface area contributed by atoms with Gasteiger partial charge in [-0.3, -0.25) is 9.78 Å². The summed E-state index contributed by atoms with van der Waals surface area (Å²) in [6.07, 6.45) is 3.70. The highest BCUT2D eigenvalue weighted by molar-refractivity contribution is 5.95. The number of nitrogens with zero attached hydrogens (tertiary/aromatic N) is 2. The zero-order chi connectivity index (χ0) is 16.4. The Morgan fingerprint density at radius 3 is 2.74 bits per heavy atom. The Balaban J connectivity index is 1.91. The van der Waals surface area contributed by atoms with Gasteiger partial charge >= 0.3 is 0 Å². The van der Waals surface area contributed by atoms with Crippen LogP contribution in [0, 0.1) is 5.82 Å². The Labute approximate surface area is 134 Å². The van der Waals surface area contributed by atoms with Crippen LogP contribution < -0.4 is 4.74 Å². The molecular formula is C18H19FN2O2. The van der Waals surface area contributed by atoms with Crippen LogP contribution in [0.5, 0.6) is 5.75 Å². The fourth-order valence-corrected chi connectivity index (χ4v) is 2.72. The Hall–Kier alpha value is -2.43. The maximum atomic E-state index is 13.6. The predicted octanol–water partition coefficient (Wildman–Crippen LogP) is 3.60. The van der Waals surface area contributed by atoms with Gasteiger partial charge in [0.1, 0.15) is 0 Å². The van der Waals surface area contributed by atoms with Crippen LogP contribution in [0.4, 0.5) is 4.39 Å². The summed E-state index contributed by atoms with van der Waals surface area (Å²) in [5, 5.41) is 0. The van der Waals surface area contributed by atoms with Crippen molar-refractivity contribution in [2.45, 2.75) is 31.8 Å². The van der Waals surface area contributed by atoms with Crippen molar-refractivity contribution in [2.75, 3.05) is 7.11 Å². The molecule has 1 aliphatic carbocycles. The second-order valence-corrected chi connectivity index (χ2v) is 5.72. The summed E-state index contributed by atoms with van der Waals surface area (Å²) in [5.41, 5.74) is 1.28. The lowest BCUT2D eigenvalue weighted by molar-refractivity contribution is 0.0669. The van der Waals surface area contributed by atoms with E-state index in [-0.39, 0.29) is 23.7 Å². The lowest BCUT2D eigenvalue weighted by Crippen LogP contribution is -2.36. The van der Waals surface area contributed by atoms with E-state index < -0.39 is 5.82 Å². The summed E-state index contributed by atoms with van der Waals surface area (Å²) in [6.45, 7) is 1.97. The van der Waals surface area contributed by atoms with Crippen molar-refractivity contribution in [3.63, 3.8) is 0 Å². The number of rotatable bonds is 5. The number of methoxy groups -OCH3 is 1. The van der Waals surface area contributed by atoms with Crippen LogP contribution in [-0.4, -0.2) is 28.9 Å². The number of hydrogen-bond donors (Lipinski definition) is 0. The summed E-state index contributed by atoms with van der Waals surface area (Å²) in [4.78, 5) is 19.1. The van der Waals surface area contributed by atoms with Crippen LogP contribution in [0.1, 0.15) is 41.9 Å². The van der Waals surface area contributed by atoms with Gasteiger partial charge in [0.25, 0.3) is 5.91 Å². The molecule has 120 valence electrons. The van der Waals surface area contributed by atoms with E-state index in [1.165, 1.54) is 25.3 Å². The van der Waals surface area contributed by atoms with Gasteiger partial charge in [0.15, 0.2) is 11.6 Å². The topological polar surface area (TPSA) is 42.4 Å². The normalized spacial score (nSPS) is 15.1. The predicted molar refractivity (Wildman–Crippen MR) is 84.8 cm³/mol. The number of pyridine rings is 1. The van der Waals surface area contributed by atoms with Gasteiger partial charge in [-0.15, -0.1) is 0 Å². The standard InChI is InChI=1S/C18H19FN2O2/c1-12(16-5-3-4-10-20-16)21(14-7-8-14)18(22)13-6-9-15(19)17(11-13)23-2/h3-6,9-12,14H,7-8H2,1-2H3. The van der Waals surface area contributed by atoms with E-state index in [1.807, 2.05) is 30.0 Å². The molecule has 4 nitrogen and oxygen atoms in total. The number of aromatic nitrogens is 1. The summed E-state index contributed by atoms with van der Waals surface area (Å²) in [7, 11) is 1.39. The molecule has 1 saturated carbocycles. The minimum atomic E-state index is -0.472. The van der Waals surface area contributed by atoms with Gasteiger partial charge in [-0.25, -0.2) is 4.39 Å². The first kappa shape index (κ1) is 15.5. The fraction of sp³-hybridized carbons (Fsp3) is 0.333. The zero-order valence-corrected chi connectivity index (χ0v) is 13.2. The highest BCUT2D eigenvalue weighted by Gasteiger charge is 2.37. The Kier molecular flexibility index (Phi) is 4.28. The van der Waals surface area contributed by atoms with Gasteiger partial charge in [-0.1, -0.05) is 6.07 Å². The van der Waals surface area contributed by atoms with Crippen LogP contribution in [0.15, 0.2) is 42.6 Å². The fourth-order valence-electron chi connectivity index (χ4n) is 2.72. The maximum absolute atomic E-state index is 13.6. The number of carbonyl (C=O) groups excluding carboxylic acids is 1. The smallest absolute Gasteiger partial charge is 0.254 e. The molecule has 5 heteroatoms. The average molecular weight is 314 g/mol. The van der Waals surface area contributed by atoms with Crippen LogP contribution in [0.3, 0.4) is 0 Å². The molecule has 1 unspecified atom stereocenters. The molecule has 1 amide bonds. The summed E-state index contributed by atoms with van der Waals surface area (Å²) in [6, 6.07) is 9.99. The third kappa shape index (κ3) is 3.18. The number of ether oxygens (including phenoxy) is 1. The molecule has 1 aromatic carbocycles. The molecule has 3 rings (SSSR count). The third-order valence-corrected chi connectivity index (χ3v) is 4.11. The maximum Gasteiger partial charge on any atom is 0.254 e. The number of benzene rings is 1. The van der Waals surface area contributed by atoms with Crippen molar-refractivity contribution < 1.29 is 13.9 Å². The average Bonchev–Trinajstić information content (AvgIpc) is 3.41. The number of amides is 1. The van der Waals surface area contributed by atoms with Gasteiger partial charge in [0, 0.05) is 17.8 Å². The highest BCUT2D eigenvalue weighted by Crippen LogP contribution is 2.35. The molecule has 0 bridgehead atoms. The van der Waals surface area contributed by atoms with Gasteiger partial charge in [-0.05, 0) is 50.1 Å². The van der Waals surface area contributed by atoms with Gasteiger partial charge < -0.3 is 9.64 Å². The van der Waals surface area contributed by atoms with Gasteiger partial charge in [0.05, 0.1) is 18.8 Å². The van der Waals surface area contributed by atoms with E-state index in [2.05, 4.69) is 4.98 Å². The van der Waals surface area contributed by atoms with E-state index in [4.69, 9.17) is 4.74 Å². The third-order valence-electron chi connectivity index (χ3n) is 4.11. The number of carbonyl (C=O) groups is 1. The molecule has 2 aromatic rings. The van der Waals surface area contributed by atoms with Crippen molar-refractivity contribution in [2.24, 2.45) is 0 Å². The van der Waals surface area contributed by atoms with E-state index in [1.54, 1.807) is 6.20 Å². The molecule has 1 aromatic heterocycles. The molecule has 0 saturated heterocycles. The first-order valence-corrected chi connectivity index (χ1v) is 7.69. The van der Waals surface area contributed by atoms with E-state index in [0.717, 1.165) is 18.5 Å². The second kappa shape index (κ2) is 6.36. The molecule has 0 radical (unpaired) electrons. The van der Waals surface area contributed by atoms with Crippen LogP contribution >= 0.6 is 0 Å². The molecule has 0 aliphatic heterocycles. The minimum Gasteiger partial charge on any atom is -0.494 e. The van der Waals surface area contributed by atoms with E-state index in [9.17, 15) is 9.18 Å². The van der Waals surface area contributed by atoms with Crippen molar-refractivity contribution in [3.05, 3.63) is 59.7 Å². The van der Waals surface area contributed by atoms with Crippen molar-refractivity contribution >= 4 is 5.91 Å². The summed E-state index contributed by atoms with van der Waals surface area (Å²) < 4.78 is 18.5. The molecular weight excluding hydrogens is 295 g/mol. The zero-order valence-electron chi connectivity index (χ0n) is 13.2. The van der Waals surface area contributed by atoms with Crippen molar-refractivity contribution in [1.29, 1.82) is 0 Å². The molecule has 1 fully saturated rings. The molecule has 23 heavy (non-hydrogen) atoms. The first-order chi connectivity index (χ1) is 11.1. The minimum absolute atomic E-state index is 0.0806. The Morgan fingerprint density at radius 1 is 1.35 bits per heavy atom. The lowest BCUT2D eigenvalue weighted by atomic mass is 10.1. The highest BCUT2D eigenvalue weighted by atomic mass is 19.1. The van der Waals surface area contributed by atoms with Crippen molar-refractivity contribution in [1.82, 2.24) is 9.88 Å². The number of halogens is 1. The van der Waals surface area contributed by atoms with Crippen LogP contribution in [0.25, 0.3) is 0 Å². The van der Waals surface area contributed by atoms with Gasteiger partial charge in [0.2, 0.25) is 0 Å². The molecule has 1 aliphatic rings. The Morgan fingerprint density at radius 2 is 2.13 bits per heavy atom.